The van der Waals surface area contributed by atoms with Crippen LogP contribution in [0.3, 0.4) is 0 Å². The van der Waals surface area contributed by atoms with E-state index in [-0.39, 0.29) is 12.1 Å². The number of imidazole rings is 1. The van der Waals surface area contributed by atoms with E-state index in [4.69, 9.17) is 9.72 Å². The lowest BCUT2D eigenvalue weighted by Crippen LogP contribution is -2.27. The number of rotatable bonds is 4. The van der Waals surface area contributed by atoms with Gasteiger partial charge in [0.05, 0.1) is 29.7 Å². The molecule has 146 valence electrons. The van der Waals surface area contributed by atoms with Crippen molar-refractivity contribution in [1.29, 1.82) is 0 Å². The number of hydrogen-bond donors (Lipinski definition) is 1. The van der Waals surface area contributed by atoms with Crippen LogP contribution in [0.1, 0.15) is 36.6 Å². The Labute approximate surface area is 178 Å². The number of halogens is 1. The molecular formula is C24H22BrN3O. The minimum Gasteiger partial charge on any atom is -0.494 e. The SMILES string of the molecule is CCOc1ccc([C@H]2C[C@H](c3ccc(Br)cc3)Nc3nc4ccccc4n32)cc1. The summed E-state index contributed by atoms with van der Waals surface area (Å²) in [5.41, 5.74) is 4.70. The van der Waals surface area contributed by atoms with Crippen LogP contribution in [0.5, 0.6) is 5.75 Å². The van der Waals surface area contributed by atoms with Crippen LogP contribution < -0.4 is 10.1 Å². The normalized spacial score (nSPS) is 18.3. The molecule has 0 aliphatic carbocycles. The summed E-state index contributed by atoms with van der Waals surface area (Å²) < 4.78 is 9.06. The van der Waals surface area contributed by atoms with Crippen LogP contribution in [0.4, 0.5) is 5.95 Å². The predicted octanol–water partition coefficient (Wildman–Crippen LogP) is 6.34. The van der Waals surface area contributed by atoms with Crippen LogP contribution in [0, 0.1) is 0 Å². The van der Waals surface area contributed by atoms with Crippen molar-refractivity contribution < 1.29 is 4.74 Å². The standard InChI is InChI=1S/C24H22BrN3O/c1-2-29-19-13-9-17(10-14-19)23-15-21(16-7-11-18(25)12-8-16)27-24-26-20-5-3-4-6-22(20)28(23)24/h3-14,21,23H,2,15H2,1H3,(H,26,27)/t21-,23-/m1/s1. The smallest absolute Gasteiger partial charge is 0.204 e. The Hall–Kier alpha value is -2.79. The van der Waals surface area contributed by atoms with E-state index in [9.17, 15) is 0 Å². The van der Waals surface area contributed by atoms with Gasteiger partial charge in [-0.3, -0.25) is 0 Å². The highest BCUT2D eigenvalue weighted by Gasteiger charge is 2.30. The first kappa shape index (κ1) is 18.3. The lowest BCUT2D eigenvalue weighted by molar-refractivity contribution is 0.340. The maximum atomic E-state index is 5.64. The van der Waals surface area contributed by atoms with E-state index >= 15 is 0 Å². The summed E-state index contributed by atoms with van der Waals surface area (Å²) in [5, 5.41) is 3.67. The molecule has 0 saturated carbocycles. The molecular weight excluding hydrogens is 426 g/mol. The molecule has 4 nitrogen and oxygen atoms in total. The van der Waals surface area contributed by atoms with Gasteiger partial charge in [-0.1, -0.05) is 52.3 Å². The molecule has 1 aliphatic rings. The molecule has 2 heterocycles. The quantitative estimate of drug-likeness (QED) is 0.396. The van der Waals surface area contributed by atoms with Gasteiger partial charge in [-0.2, -0.15) is 0 Å². The van der Waals surface area contributed by atoms with E-state index in [0.717, 1.165) is 33.6 Å². The van der Waals surface area contributed by atoms with E-state index in [2.05, 4.69) is 92.5 Å². The average Bonchev–Trinajstić information content (AvgIpc) is 3.13. The van der Waals surface area contributed by atoms with Crippen LogP contribution in [0.2, 0.25) is 0 Å². The zero-order valence-electron chi connectivity index (χ0n) is 16.2. The summed E-state index contributed by atoms with van der Waals surface area (Å²) in [6.45, 7) is 2.68. The van der Waals surface area contributed by atoms with Crippen molar-refractivity contribution >= 4 is 32.9 Å². The summed E-state index contributed by atoms with van der Waals surface area (Å²) in [4.78, 5) is 4.89. The second-order valence-corrected chi connectivity index (χ2v) is 8.21. The molecule has 0 radical (unpaired) electrons. The Morgan fingerprint density at radius 2 is 1.72 bits per heavy atom. The fraction of sp³-hybridized carbons (Fsp3) is 0.208. The lowest BCUT2D eigenvalue weighted by Gasteiger charge is -2.33. The summed E-state index contributed by atoms with van der Waals surface area (Å²) in [5.74, 6) is 1.83. The molecule has 0 amide bonds. The monoisotopic (exact) mass is 447 g/mol. The van der Waals surface area contributed by atoms with Gasteiger partial charge in [0.2, 0.25) is 5.95 Å². The summed E-state index contributed by atoms with van der Waals surface area (Å²) in [6.07, 6.45) is 0.947. The minimum absolute atomic E-state index is 0.197. The lowest BCUT2D eigenvalue weighted by atomic mass is 9.93. The van der Waals surface area contributed by atoms with Crippen LogP contribution in [-0.2, 0) is 0 Å². The minimum atomic E-state index is 0.197. The molecule has 0 spiro atoms. The fourth-order valence-electron chi connectivity index (χ4n) is 4.16. The van der Waals surface area contributed by atoms with Crippen molar-refractivity contribution in [2.45, 2.75) is 25.4 Å². The zero-order valence-corrected chi connectivity index (χ0v) is 17.8. The predicted molar refractivity (Wildman–Crippen MR) is 121 cm³/mol. The first-order chi connectivity index (χ1) is 14.2. The summed E-state index contributed by atoms with van der Waals surface area (Å²) >= 11 is 3.54. The number of aromatic nitrogens is 2. The van der Waals surface area contributed by atoms with Gasteiger partial charge < -0.3 is 14.6 Å². The number of para-hydroxylation sites is 2. The van der Waals surface area contributed by atoms with Gasteiger partial charge in [-0.25, -0.2) is 4.98 Å². The molecule has 2 atom stereocenters. The Kier molecular flexibility index (Phi) is 4.76. The maximum absolute atomic E-state index is 5.64. The summed E-state index contributed by atoms with van der Waals surface area (Å²) in [6, 6.07) is 25.8. The Morgan fingerprint density at radius 1 is 1.00 bits per heavy atom. The van der Waals surface area contributed by atoms with Crippen molar-refractivity contribution in [1.82, 2.24) is 9.55 Å². The van der Waals surface area contributed by atoms with Gasteiger partial charge in [-0.05, 0) is 60.9 Å². The molecule has 4 aromatic rings. The highest BCUT2D eigenvalue weighted by molar-refractivity contribution is 9.10. The van der Waals surface area contributed by atoms with Crippen LogP contribution in [-0.4, -0.2) is 16.2 Å². The highest BCUT2D eigenvalue weighted by atomic mass is 79.9. The number of fused-ring (bicyclic) bond motifs is 3. The molecule has 0 unspecified atom stereocenters. The van der Waals surface area contributed by atoms with Gasteiger partial charge in [-0.15, -0.1) is 0 Å². The van der Waals surface area contributed by atoms with E-state index in [1.807, 2.05) is 13.0 Å². The number of hydrogen-bond acceptors (Lipinski definition) is 3. The van der Waals surface area contributed by atoms with Crippen LogP contribution >= 0.6 is 15.9 Å². The Balaban J connectivity index is 1.60. The van der Waals surface area contributed by atoms with E-state index < -0.39 is 0 Å². The van der Waals surface area contributed by atoms with E-state index in [1.165, 1.54) is 11.1 Å². The second-order valence-electron chi connectivity index (χ2n) is 7.30. The first-order valence-electron chi connectivity index (χ1n) is 9.94. The molecule has 1 aromatic heterocycles. The Bertz CT molecular complexity index is 1140. The molecule has 3 aromatic carbocycles. The third-order valence-electron chi connectivity index (χ3n) is 5.52. The van der Waals surface area contributed by atoms with E-state index in [0.29, 0.717) is 6.61 Å². The van der Waals surface area contributed by atoms with Crippen molar-refractivity contribution in [2.24, 2.45) is 0 Å². The third kappa shape index (κ3) is 3.40. The third-order valence-corrected chi connectivity index (χ3v) is 6.05. The molecule has 29 heavy (non-hydrogen) atoms. The second kappa shape index (κ2) is 7.56. The van der Waals surface area contributed by atoms with Gasteiger partial charge >= 0.3 is 0 Å². The number of anilines is 1. The molecule has 5 rings (SSSR count). The number of ether oxygens (including phenoxy) is 1. The zero-order chi connectivity index (χ0) is 19.8. The number of benzene rings is 3. The van der Waals surface area contributed by atoms with Gasteiger partial charge in [0.25, 0.3) is 0 Å². The van der Waals surface area contributed by atoms with Gasteiger partial charge in [0.1, 0.15) is 5.75 Å². The first-order valence-corrected chi connectivity index (χ1v) is 10.7. The van der Waals surface area contributed by atoms with Crippen molar-refractivity contribution in [2.75, 3.05) is 11.9 Å². The summed E-state index contributed by atoms with van der Waals surface area (Å²) in [7, 11) is 0. The molecule has 0 saturated heterocycles. The largest absolute Gasteiger partial charge is 0.494 e. The number of nitrogens with zero attached hydrogens (tertiary/aromatic N) is 2. The number of nitrogens with one attached hydrogen (secondary N) is 1. The van der Waals surface area contributed by atoms with Crippen LogP contribution in [0.15, 0.2) is 77.3 Å². The molecule has 1 N–H and O–H groups in total. The fourth-order valence-corrected chi connectivity index (χ4v) is 4.42. The molecule has 0 bridgehead atoms. The van der Waals surface area contributed by atoms with Gasteiger partial charge in [0.15, 0.2) is 0 Å². The van der Waals surface area contributed by atoms with Crippen LogP contribution in [0.25, 0.3) is 11.0 Å². The Morgan fingerprint density at radius 3 is 2.48 bits per heavy atom. The van der Waals surface area contributed by atoms with Crippen molar-refractivity contribution in [3.05, 3.63) is 88.4 Å². The molecule has 0 fully saturated rings. The van der Waals surface area contributed by atoms with Crippen molar-refractivity contribution in [3.8, 4) is 5.75 Å². The maximum Gasteiger partial charge on any atom is 0.204 e. The molecule has 1 aliphatic heterocycles. The average molecular weight is 448 g/mol. The van der Waals surface area contributed by atoms with Crippen molar-refractivity contribution in [3.63, 3.8) is 0 Å². The topological polar surface area (TPSA) is 39.1 Å². The highest BCUT2D eigenvalue weighted by Crippen LogP contribution is 2.41. The van der Waals surface area contributed by atoms with E-state index in [1.54, 1.807) is 0 Å². The molecule has 5 heteroatoms. The van der Waals surface area contributed by atoms with Gasteiger partial charge in [0, 0.05) is 4.47 Å².